The molecule has 0 bridgehead atoms. The summed E-state index contributed by atoms with van der Waals surface area (Å²) >= 11 is 0. The van der Waals surface area contributed by atoms with Gasteiger partial charge in [0.25, 0.3) is 0 Å². The van der Waals surface area contributed by atoms with Crippen LogP contribution in [-0.2, 0) is 21.2 Å². The number of fused-ring (bicyclic) bond motifs is 1. The van der Waals surface area contributed by atoms with Gasteiger partial charge in [0.1, 0.15) is 0 Å². The number of nitro groups is 1. The molecule has 1 fully saturated rings. The number of carbonyl (C=O) groups is 1. The van der Waals surface area contributed by atoms with Gasteiger partial charge in [-0.25, -0.2) is 8.42 Å². The van der Waals surface area contributed by atoms with Gasteiger partial charge in [-0.3, -0.25) is 14.9 Å². The maximum absolute atomic E-state index is 13.0. The van der Waals surface area contributed by atoms with Gasteiger partial charge < -0.3 is 14.5 Å². The van der Waals surface area contributed by atoms with Crippen LogP contribution in [0.2, 0.25) is 0 Å². The second kappa shape index (κ2) is 9.46. The number of rotatable bonds is 7. The Hall–Kier alpha value is -3.02. The molecule has 11 heteroatoms. The zero-order valence-electron chi connectivity index (χ0n) is 18.3. The van der Waals surface area contributed by atoms with Crippen molar-refractivity contribution in [1.29, 1.82) is 0 Å². The van der Waals surface area contributed by atoms with Crippen LogP contribution >= 0.6 is 0 Å². The summed E-state index contributed by atoms with van der Waals surface area (Å²) in [6, 6.07) is 11.6. The SMILES string of the molecule is COc1ccc(S(=O)(=O)N2CCN(CCC(=O)N3CCc4ccccc43)CC2)cc1[N+](=O)[O-]. The summed E-state index contributed by atoms with van der Waals surface area (Å²) in [5.41, 5.74) is 1.77. The molecule has 0 unspecified atom stereocenters. The molecule has 2 aromatic rings. The molecule has 2 aliphatic heterocycles. The van der Waals surface area contributed by atoms with E-state index in [-0.39, 0.29) is 35.3 Å². The predicted octanol–water partition coefficient (Wildman–Crippen LogP) is 1.89. The van der Waals surface area contributed by atoms with Crippen molar-refractivity contribution < 1.29 is 22.9 Å². The summed E-state index contributed by atoms with van der Waals surface area (Å²) in [7, 11) is -2.58. The number of hydrogen-bond acceptors (Lipinski definition) is 7. The fraction of sp³-hybridized carbons (Fsp3) is 0.409. The Balaban J connectivity index is 1.34. The van der Waals surface area contributed by atoms with E-state index >= 15 is 0 Å². The first-order chi connectivity index (χ1) is 15.8. The highest BCUT2D eigenvalue weighted by Gasteiger charge is 2.31. The molecular weight excluding hydrogens is 448 g/mol. The first-order valence-electron chi connectivity index (χ1n) is 10.7. The second-order valence-electron chi connectivity index (χ2n) is 8.01. The third kappa shape index (κ3) is 4.70. The van der Waals surface area contributed by atoms with E-state index in [1.807, 2.05) is 29.2 Å². The minimum absolute atomic E-state index is 0.00839. The van der Waals surface area contributed by atoms with Crippen molar-refractivity contribution >= 4 is 27.3 Å². The van der Waals surface area contributed by atoms with Gasteiger partial charge in [0.05, 0.1) is 16.9 Å². The van der Waals surface area contributed by atoms with Crippen LogP contribution in [0.4, 0.5) is 11.4 Å². The van der Waals surface area contributed by atoms with E-state index in [2.05, 4.69) is 4.90 Å². The lowest BCUT2D eigenvalue weighted by Gasteiger charge is -2.34. The Labute approximate surface area is 192 Å². The number of piperazine rings is 1. The number of anilines is 1. The smallest absolute Gasteiger partial charge is 0.312 e. The van der Waals surface area contributed by atoms with Crippen molar-refractivity contribution in [2.75, 3.05) is 51.3 Å². The molecule has 33 heavy (non-hydrogen) atoms. The van der Waals surface area contributed by atoms with Crippen LogP contribution in [0.5, 0.6) is 5.75 Å². The molecule has 0 N–H and O–H groups in total. The quantitative estimate of drug-likeness (QED) is 0.445. The molecule has 2 aromatic carbocycles. The van der Waals surface area contributed by atoms with Crippen molar-refractivity contribution in [3.63, 3.8) is 0 Å². The van der Waals surface area contributed by atoms with Gasteiger partial charge in [-0.1, -0.05) is 18.2 Å². The Morgan fingerprint density at radius 3 is 2.52 bits per heavy atom. The number of sulfonamides is 1. The van der Waals surface area contributed by atoms with Crippen LogP contribution in [0.25, 0.3) is 0 Å². The zero-order chi connectivity index (χ0) is 23.6. The first-order valence-corrected chi connectivity index (χ1v) is 12.2. The van der Waals surface area contributed by atoms with Crippen LogP contribution in [0.3, 0.4) is 0 Å². The minimum Gasteiger partial charge on any atom is -0.490 e. The monoisotopic (exact) mass is 474 g/mol. The highest BCUT2D eigenvalue weighted by Crippen LogP contribution is 2.31. The number of methoxy groups -OCH3 is 1. The van der Waals surface area contributed by atoms with Crippen LogP contribution in [-0.4, -0.2) is 74.8 Å². The summed E-state index contributed by atoms with van der Waals surface area (Å²) in [5, 5.41) is 11.2. The van der Waals surface area contributed by atoms with E-state index in [1.165, 1.54) is 29.1 Å². The molecular formula is C22H26N4O6S. The number of carbonyl (C=O) groups excluding carboxylic acids is 1. The molecule has 2 aliphatic rings. The standard InChI is InChI=1S/C22H26N4O6S/c1-32-21-7-6-18(16-20(21)26(28)29)33(30,31)24-14-12-23(13-15-24)10-9-22(27)25-11-8-17-4-2-3-5-19(17)25/h2-7,16H,8-15H2,1H3. The molecule has 2 heterocycles. The zero-order valence-corrected chi connectivity index (χ0v) is 19.2. The Morgan fingerprint density at radius 1 is 1.09 bits per heavy atom. The van der Waals surface area contributed by atoms with Crippen molar-refractivity contribution in [3.8, 4) is 5.75 Å². The second-order valence-corrected chi connectivity index (χ2v) is 9.95. The third-order valence-corrected chi connectivity index (χ3v) is 8.04. The summed E-state index contributed by atoms with van der Waals surface area (Å²) < 4.78 is 32.3. The maximum Gasteiger partial charge on any atom is 0.312 e. The van der Waals surface area contributed by atoms with Crippen molar-refractivity contribution in [3.05, 3.63) is 58.1 Å². The van der Waals surface area contributed by atoms with Gasteiger partial charge in [-0.05, 0) is 30.2 Å². The number of nitrogens with zero attached hydrogens (tertiary/aromatic N) is 4. The molecule has 0 aromatic heterocycles. The van der Waals surface area contributed by atoms with Gasteiger partial charge in [0.15, 0.2) is 5.75 Å². The van der Waals surface area contributed by atoms with E-state index in [1.54, 1.807) is 0 Å². The molecule has 1 amide bonds. The van der Waals surface area contributed by atoms with E-state index in [4.69, 9.17) is 4.74 Å². The summed E-state index contributed by atoms with van der Waals surface area (Å²) in [5.74, 6) is 0.0783. The van der Waals surface area contributed by atoms with Gasteiger partial charge in [0, 0.05) is 57.4 Å². The lowest BCUT2D eigenvalue weighted by Crippen LogP contribution is -2.49. The largest absolute Gasteiger partial charge is 0.490 e. The van der Waals surface area contributed by atoms with Gasteiger partial charge >= 0.3 is 5.69 Å². The van der Waals surface area contributed by atoms with Crippen molar-refractivity contribution in [2.24, 2.45) is 0 Å². The minimum atomic E-state index is -3.87. The summed E-state index contributed by atoms with van der Waals surface area (Å²) in [6.45, 7) is 2.73. The molecule has 10 nitrogen and oxygen atoms in total. The average Bonchev–Trinajstić information content (AvgIpc) is 3.26. The maximum atomic E-state index is 13.0. The topological polar surface area (TPSA) is 113 Å². The first kappa shape index (κ1) is 23.1. The molecule has 4 rings (SSSR count). The Morgan fingerprint density at radius 2 is 1.82 bits per heavy atom. The Bertz CT molecular complexity index is 1160. The average molecular weight is 475 g/mol. The Kier molecular flexibility index (Phi) is 6.63. The number of ether oxygens (including phenoxy) is 1. The molecule has 0 radical (unpaired) electrons. The number of nitro benzene ring substituents is 1. The molecule has 0 atom stereocenters. The fourth-order valence-corrected chi connectivity index (χ4v) is 5.74. The number of amides is 1. The highest BCUT2D eigenvalue weighted by atomic mass is 32.2. The number of hydrogen-bond donors (Lipinski definition) is 0. The summed E-state index contributed by atoms with van der Waals surface area (Å²) in [4.78, 5) is 27.1. The van der Waals surface area contributed by atoms with E-state index in [0.29, 0.717) is 32.6 Å². The molecule has 0 spiro atoms. The van der Waals surface area contributed by atoms with Crippen LogP contribution < -0.4 is 9.64 Å². The fourth-order valence-electron chi connectivity index (χ4n) is 4.30. The molecule has 0 aliphatic carbocycles. The molecule has 176 valence electrons. The van der Waals surface area contributed by atoms with Crippen LogP contribution in [0, 0.1) is 10.1 Å². The highest BCUT2D eigenvalue weighted by molar-refractivity contribution is 7.89. The number of para-hydroxylation sites is 1. The van der Waals surface area contributed by atoms with E-state index < -0.39 is 14.9 Å². The van der Waals surface area contributed by atoms with Gasteiger partial charge in [0.2, 0.25) is 15.9 Å². The van der Waals surface area contributed by atoms with E-state index in [0.717, 1.165) is 18.2 Å². The van der Waals surface area contributed by atoms with Crippen LogP contribution in [0.15, 0.2) is 47.4 Å². The van der Waals surface area contributed by atoms with Crippen LogP contribution in [0.1, 0.15) is 12.0 Å². The lowest BCUT2D eigenvalue weighted by molar-refractivity contribution is -0.386. The van der Waals surface area contributed by atoms with Crippen molar-refractivity contribution in [1.82, 2.24) is 9.21 Å². The molecule has 1 saturated heterocycles. The van der Waals surface area contributed by atoms with Gasteiger partial charge in [-0.15, -0.1) is 0 Å². The third-order valence-electron chi connectivity index (χ3n) is 6.15. The number of benzene rings is 2. The van der Waals surface area contributed by atoms with Crippen molar-refractivity contribution in [2.45, 2.75) is 17.7 Å². The summed E-state index contributed by atoms with van der Waals surface area (Å²) in [6.07, 6.45) is 1.23. The molecule has 0 saturated carbocycles. The van der Waals surface area contributed by atoms with Gasteiger partial charge in [-0.2, -0.15) is 4.31 Å². The van der Waals surface area contributed by atoms with E-state index in [9.17, 15) is 23.3 Å². The lowest BCUT2D eigenvalue weighted by atomic mass is 10.2. The predicted molar refractivity (Wildman–Crippen MR) is 122 cm³/mol. The normalized spacial score (nSPS) is 17.1.